The van der Waals surface area contributed by atoms with Crippen molar-refractivity contribution in [2.45, 2.75) is 20.3 Å². The molecule has 0 aromatic heterocycles. The number of nitrogens with one attached hydrogen (secondary N) is 1. The van der Waals surface area contributed by atoms with Crippen LogP contribution in [0.1, 0.15) is 27.0 Å². The number of nitrogens with two attached hydrogens (primary N) is 1. The minimum atomic E-state index is -0.103. The van der Waals surface area contributed by atoms with Crippen molar-refractivity contribution in [2.75, 3.05) is 12.3 Å². The molecule has 0 aliphatic heterocycles. The van der Waals surface area contributed by atoms with E-state index in [0.29, 0.717) is 17.8 Å². The number of rotatable bonds is 4. The van der Waals surface area contributed by atoms with E-state index in [1.54, 1.807) is 6.07 Å². The van der Waals surface area contributed by atoms with Gasteiger partial charge in [0.25, 0.3) is 5.91 Å². The molecule has 3 nitrogen and oxygen atoms in total. The Kier molecular flexibility index (Phi) is 4.41. The first kappa shape index (κ1) is 14.1. The van der Waals surface area contributed by atoms with Crippen molar-refractivity contribution in [3.05, 3.63) is 64.7 Å². The van der Waals surface area contributed by atoms with Crippen LogP contribution in [0.15, 0.2) is 42.5 Å². The van der Waals surface area contributed by atoms with Crippen LogP contribution in [0.25, 0.3) is 0 Å². The number of nitrogen functional groups attached to an aromatic ring is 1. The Labute approximate surface area is 119 Å². The zero-order chi connectivity index (χ0) is 14.5. The van der Waals surface area contributed by atoms with E-state index >= 15 is 0 Å². The van der Waals surface area contributed by atoms with Gasteiger partial charge in [-0.15, -0.1) is 0 Å². The van der Waals surface area contributed by atoms with Gasteiger partial charge in [-0.05, 0) is 43.0 Å². The van der Waals surface area contributed by atoms with Crippen LogP contribution in [0.4, 0.5) is 5.69 Å². The van der Waals surface area contributed by atoms with Gasteiger partial charge in [-0.25, -0.2) is 0 Å². The van der Waals surface area contributed by atoms with Crippen LogP contribution in [0.3, 0.4) is 0 Å². The highest BCUT2D eigenvalue weighted by atomic mass is 16.1. The van der Waals surface area contributed by atoms with Crippen molar-refractivity contribution in [3.8, 4) is 0 Å². The molecule has 0 bridgehead atoms. The van der Waals surface area contributed by atoms with Gasteiger partial charge in [0.05, 0.1) is 5.56 Å². The van der Waals surface area contributed by atoms with Crippen LogP contribution < -0.4 is 11.1 Å². The first-order valence-corrected chi connectivity index (χ1v) is 6.77. The molecule has 0 heterocycles. The van der Waals surface area contributed by atoms with Crippen LogP contribution in [-0.4, -0.2) is 12.5 Å². The molecule has 20 heavy (non-hydrogen) atoms. The van der Waals surface area contributed by atoms with Crippen LogP contribution in [0, 0.1) is 13.8 Å². The molecule has 2 rings (SSSR count). The molecule has 0 radical (unpaired) electrons. The Morgan fingerprint density at radius 3 is 2.45 bits per heavy atom. The summed E-state index contributed by atoms with van der Waals surface area (Å²) in [7, 11) is 0. The molecule has 104 valence electrons. The number of hydrogen-bond acceptors (Lipinski definition) is 2. The van der Waals surface area contributed by atoms with Gasteiger partial charge in [0.2, 0.25) is 0 Å². The smallest absolute Gasteiger partial charge is 0.253 e. The van der Waals surface area contributed by atoms with Gasteiger partial charge in [0, 0.05) is 12.2 Å². The van der Waals surface area contributed by atoms with Gasteiger partial charge in [-0.3, -0.25) is 4.79 Å². The van der Waals surface area contributed by atoms with Crippen LogP contribution in [0.2, 0.25) is 0 Å². The highest BCUT2D eigenvalue weighted by Gasteiger charge is 2.11. The van der Waals surface area contributed by atoms with E-state index in [0.717, 1.165) is 12.0 Å². The van der Waals surface area contributed by atoms with E-state index in [-0.39, 0.29) is 5.91 Å². The Bertz CT molecular complexity index is 600. The summed E-state index contributed by atoms with van der Waals surface area (Å²) >= 11 is 0. The minimum absolute atomic E-state index is 0.103. The molecule has 0 aliphatic rings. The third-order valence-electron chi connectivity index (χ3n) is 3.47. The summed E-state index contributed by atoms with van der Waals surface area (Å²) in [6.07, 6.45) is 0.824. The van der Waals surface area contributed by atoms with E-state index in [1.165, 1.54) is 11.1 Å². The maximum atomic E-state index is 12.2. The van der Waals surface area contributed by atoms with E-state index in [4.69, 9.17) is 5.73 Å². The fourth-order valence-electron chi connectivity index (χ4n) is 2.29. The lowest BCUT2D eigenvalue weighted by molar-refractivity contribution is 0.0954. The quantitative estimate of drug-likeness (QED) is 0.838. The minimum Gasteiger partial charge on any atom is -0.398 e. The molecular weight excluding hydrogens is 248 g/mol. The lowest BCUT2D eigenvalue weighted by atomic mass is 10.0. The summed E-state index contributed by atoms with van der Waals surface area (Å²) in [6.45, 7) is 4.58. The summed E-state index contributed by atoms with van der Waals surface area (Å²) in [6, 6.07) is 13.7. The van der Waals surface area contributed by atoms with Crippen molar-refractivity contribution < 1.29 is 4.79 Å². The molecule has 1 amide bonds. The summed E-state index contributed by atoms with van der Waals surface area (Å²) in [5.74, 6) is -0.103. The Morgan fingerprint density at radius 1 is 1.05 bits per heavy atom. The highest BCUT2D eigenvalue weighted by molar-refractivity contribution is 6.00. The Hall–Kier alpha value is -2.29. The van der Waals surface area contributed by atoms with Crippen LogP contribution >= 0.6 is 0 Å². The van der Waals surface area contributed by atoms with Gasteiger partial charge in [-0.1, -0.05) is 36.4 Å². The lowest BCUT2D eigenvalue weighted by Gasteiger charge is -2.11. The number of hydrogen-bond donors (Lipinski definition) is 2. The van der Waals surface area contributed by atoms with Crippen LogP contribution in [-0.2, 0) is 6.42 Å². The molecule has 0 atom stereocenters. The number of carbonyl (C=O) groups is 1. The van der Waals surface area contributed by atoms with Crippen molar-refractivity contribution in [3.63, 3.8) is 0 Å². The standard InChI is InChI=1S/C17H20N2O/c1-12-6-3-4-8-14(12)10-11-19-17(20)16-13(2)7-5-9-15(16)18/h3-9H,10-11,18H2,1-2H3,(H,19,20). The third kappa shape index (κ3) is 3.18. The van der Waals surface area contributed by atoms with E-state index < -0.39 is 0 Å². The second-order valence-corrected chi connectivity index (χ2v) is 4.97. The summed E-state index contributed by atoms with van der Waals surface area (Å²) in [5, 5.41) is 2.94. The molecule has 0 saturated heterocycles. The predicted octanol–water partition coefficient (Wildman–Crippen LogP) is 2.86. The van der Waals surface area contributed by atoms with Gasteiger partial charge >= 0.3 is 0 Å². The van der Waals surface area contributed by atoms with E-state index in [9.17, 15) is 4.79 Å². The molecule has 2 aromatic rings. The maximum absolute atomic E-state index is 12.2. The summed E-state index contributed by atoms with van der Waals surface area (Å²) in [4.78, 5) is 12.2. The number of amides is 1. The zero-order valence-electron chi connectivity index (χ0n) is 11.9. The molecule has 0 fully saturated rings. The molecule has 0 aliphatic carbocycles. The maximum Gasteiger partial charge on any atom is 0.253 e. The molecule has 3 heteroatoms. The molecule has 0 unspecified atom stereocenters. The predicted molar refractivity (Wildman–Crippen MR) is 82.8 cm³/mol. The second kappa shape index (κ2) is 6.24. The average molecular weight is 268 g/mol. The fourth-order valence-corrected chi connectivity index (χ4v) is 2.29. The number of carbonyl (C=O) groups excluding carboxylic acids is 1. The SMILES string of the molecule is Cc1ccccc1CCNC(=O)c1c(C)cccc1N. The van der Waals surface area contributed by atoms with Crippen molar-refractivity contribution in [1.29, 1.82) is 0 Å². The third-order valence-corrected chi connectivity index (χ3v) is 3.47. The van der Waals surface area contributed by atoms with Gasteiger partial charge in [-0.2, -0.15) is 0 Å². The zero-order valence-corrected chi connectivity index (χ0v) is 11.9. The molecule has 2 aromatic carbocycles. The number of anilines is 1. The van der Waals surface area contributed by atoms with Gasteiger partial charge in [0.1, 0.15) is 0 Å². The summed E-state index contributed by atoms with van der Waals surface area (Å²) < 4.78 is 0. The van der Waals surface area contributed by atoms with Crippen molar-refractivity contribution in [2.24, 2.45) is 0 Å². The largest absolute Gasteiger partial charge is 0.398 e. The number of benzene rings is 2. The molecule has 0 spiro atoms. The Morgan fingerprint density at radius 2 is 1.75 bits per heavy atom. The molecule has 3 N–H and O–H groups in total. The second-order valence-electron chi connectivity index (χ2n) is 4.97. The number of aryl methyl sites for hydroxylation is 2. The van der Waals surface area contributed by atoms with Crippen molar-refractivity contribution in [1.82, 2.24) is 5.32 Å². The van der Waals surface area contributed by atoms with Gasteiger partial charge < -0.3 is 11.1 Å². The van der Waals surface area contributed by atoms with Crippen LogP contribution in [0.5, 0.6) is 0 Å². The topological polar surface area (TPSA) is 55.1 Å². The van der Waals surface area contributed by atoms with E-state index in [1.807, 2.05) is 31.2 Å². The van der Waals surface area contributed by atoms with E-state index in [2.05, 4.69) is 24.4 Å². The van der Waals surface area contributed by atoms with Crippen molar-refractivity contribution >= 4 is 11.6 Å². The Balaban J connectivity index is 1.98. The average Bonchev–Trinajstić information content (AvgIpc) is 2.41. The van der Waals surface area contributed by atoms with Gasteiger partial charge in [0.15, 0.2) is 0 Å². The first-order chi connectivity index (χ1) is 9.59. The first-order valence-electron chi connectivity index (χ1n) is 6.77. The highest BCUT2D eigenvalue weighted by Crippen LogP contribution is 2.16. The fraction of sp³-hybridized carbons (Fsp3) is 0.235. The molecular formula is C17H20N2O. The normalized spacial score (nSPS) is 10.3. The molecule has 0 saturated carbocycles. The monoisotopic (exact) mass is 268 g/mol. The lowest BCUT2D eigenvalue weighted by Crippen LogP contribution is -2.27. The summed E-state index contributed by atoms with van der Waals surface area (Å²) in [5.41, 5.74) is 10.4.